The summed E-state index contributed by atoms with van der Waals surface area (Å²) in [6.45, 7) is 1.86. The quantitative estimate of drug-likeness (QED) is 0.290. The van der Waals surface area contributed by atoms with Gasteiger partial charge >= 0.3 is 0 Å². The van der Waals surface area contributed by atoms with Crippen LogP contribution in [0.4, 0.5) is 5.69 Å². The van der Waals surface area contributed by atoms with Gasteiger partial charge in [-0.3, -0.25) is 13.9 Å². The third-order valence-electron chi connectivity index (χ3n) is 5.90. The van der Waals surface area contributed by atoms with Crippen LogP contribution in [0.15, 0.2) is 72.8 Å². The van der Waals surface area contributed by atoms with Crippen LogP contribution in [0.1, 0.15) is 24.5 Å². The molecule has 0 radical (unpaired) electrons. The van der Waals surface area contributed by atoms with E-state index in [9.17, 15) is 18.0 Å². The molecule has 0 aliphatic rings. The lowest BCUT2D eigenvalue weighted by molar-refractivity contribution is -0.140. The maximum Gasteiger partial charge on any atom is 0.244 e. The molecule has 0 bridgehead atoms. The van der Waals surface area contributed by atoms with Crippen molar-refractivity contribution < 1.29 is 18.0 Å². The molecule has 11 heteroatoms. The standard InChI is InChI=1S/C28H30Cl3N3O4S/c1-3-13-32-28(36)26(14-20-7-5-4-6-8-20)33(18-21-9-11-22(29)12-10-21)27(35)19-34(39(2,37)38)25-16-23(30)15-24(31)17-25/h4-12,15-17,26H,3,13-14,18-19H2,1-2H3,(H,32,36)/t26-/m0/s1. The highest BCUT2D eigenvalue weighted by molar-refractivity contribution is 7.92. The predicted molar refractivity (Wildman–Crippen MR) is 158 cm³/mol. The highest BCUT2D eigenvalue weighted by Gasteiger charge is 2.33. The molecule has 3 aromatic rings. The minimum absolute atomic E-state index is 0.0565. The number of nitrogens with zero attached hydrogens (tertiary/aromatic N) is 2. The molecule has 0 spiro atoms. The first-order valence-electron chi connectivity index (χ1n) is 12.3. The van der Waals surface area contributed by atoms with E-state index in [0.29, 0.717) is 18.0 Å². The third kappa shape index (κ3) is 9.14. The Labute approximate surface area is 244 Å². The van der Waals surface area contributed by atoms with Crippen molar-refractivity contribution >= 4 is 62.3 Å². The predicted octanol–water partition coefficient (Wildman–Crippen LogP) is 5.58. The van der Waals surface area contributed by atoms with Gasteiger partial charge in [0.25, 0.3) is 0 Å². The molecule has 0 unspecified atom stereocenters. The Morgan fingerprint density at radius 3 is 2.05 bits per heavy atom. The van der Waals surface area contributed by atoms with Crippen LogP contribution < -0.4 is 9.62 Å². The molecule has 1 atom stereocenters. The van der Waals surface area contributed by atoms with Crippen molar-refractivity contribution in [2.45, 2.75) is 32.4 Å². The molecule has 3 rings (SSSR count). The van der Waals surface area contributed by atoms with Crippen molar-refractivity contribution in [3.8, 4) is 0 Å². The summed E-state index contributed by atoms with van der Waals surface area (Å²) in [4.78, 5) is 28.8. The molecular formula is C28H30Cl3N3O4S. The molecule has 3 aromatic carbocycles. The molecule has 1 N–H and O–H groups in total. The minimum Gasteiger partial charge on any atom is -0.354 e. The molecule has 39 heavy (non-hydrogen) atoms. The number of carbonyl (C=O) groups is 2. The maximum atomic E-state index is 14.0. The summed E-state index contributed by atoms with van der Waals surface area (Å²) in [5, 5.41) is 3.86. The van der Waals surface area contributed by atoms with Crippen LogP contribution in [-0.2, 0) is 32.6 Å². The topological polar surface area (TPSA) is 86.8 Å². The third-order valence-corrected chi connectivity index (χ3v) is 7.73. The van der Waals surface area contributed by atoms with Gasteiger partial charge in [0.1, 0.15) is 12.6 Å². The zero-order chi connectivity index (χ0) is 28.6. The van der Waals surface area contributed by atoms with Gasteiger partial charge in [0.05, 0.1) is 11.9 Å². The average Bonchev–Trinajstić information content (AvgIpc) is 2.88. The number of sulfonamides is 1. The highest BCUT2D eigenvalue weighted by Crippen LogP contribution is 2.27. The summed E-state index contributed by atoms with van der Waals surface area (Å²) in [7, 11) is -3.93. The van der Waals surface area contributed by atoms with E-state index < -0.39 is 28.5 Å². The smallest absolute Gasteiger partial charge is 0.244 e. The Morgan fingerprint density at radius 1 is 0.872 bits per heavy atom. The monoisotopic (exact) mass is 609 g/mol. The van der Waals surface area contributed by atoms with E-state index in [1.807, 2.05) is 37.3 Å². The number of halogens is 3. The fraction of sp³-hybridized carbons (Fsp3) is 0.286. The van der Waals surface area contributed by atoms with E-state index in [2.05, 4.69) is 5.32 Å². The Hall–Kier alpha value is -2.78. The lowest BCUT2D eigenvalue weighted by Crippen LogP contribution is -2.53. The molecule has 0 saturated heterocycles. The lowest BCUT2D eigenvalue weighted by Gasteiger charge is -2.33. The zero-order valence-electron chi connectivity index (χ0n) is 21.6. The van der Waals surface area contributed by atoms with Gasteiger partial charge in [0, 0.05) is 34.6 Å². The first-order chi connectivity index (χ1) is 18.5. The first-order valence-corrected chi connectivity index (χ1v) is 15.3. The van der Waals surface area contributed by atoms with Crippen LogP contribution in [0.25, 0.3) is 0 Å². The van der Waals surface area contributed by atoms with Gasteiger partial charge < -0.3 is 10.2 Å². The van der Waals surface area contributed by atoms with Crippen LogP contribution in [0.2, 0.25) is 15.1 Å². The Bertz CT molecular complexity index is 1370. The Kier molecular flexibility index (Phi) is 11.1. The van der Waals surface area contributed by atoms with Crippen LogP contribution in [0.3, 0.4) is 0 Å². The normalized spacial score (nSPS) is 12.0. The fourth-order valence-corrected chi connectivity index (χ4v) is 5.48. The van der Waals surface area contributed by atoms with E-state index in [4.69, 9.17) is 34.8 Å². The number of rotatable bonds is 12. The number of carbonyl (C=O) groups excluding carboxylic acids is 2. The van der Waals surface area contributed by atoms with Crippen LogP contribution in [0, 0.1) is 0 Å². The summed E-state index contributed by atoms with van der Waals surface area (Å²) < 4.78 is 26.6. The Balaban J connectivity index is 2.05. The van der Waals surface area contributed by atoms with E-state index in [1.165, 1.54) is 23.1 Å². The second-order valence-electron chi connectivity index (χ2n) is 9.04. The highest BCUT2D eigenvalue weighted by atomic mass is 35.5. The van der Waals surface area contributed by atoms with Gasteiger partial charge in [-0.05, 0) is 47.9 Å². The number of hydrogen-bond donors (Lipinski definition) is 1. The molecule has 0 aliphatic heterocycles. The maximum absolute atomic E-state index is 14.0. The number of amides is 2. The lowest BCUT2D eigenvalue weighted by atomic mass is 10.0. The number of anilines is 1. The number of benzene rings is 3. The molecule has 2 amide bonds. The van der Waals surface area contributed by atoms with Gasteiger partial charge in [0.15, 0.2) is 0 Å². The van der Waals surface area contributed by atoms with Crippen molar-refractivity contribution in [3.05, 3.63) is 99.0 Å². The summed E-state index contributed by atoms with van der Waals surface area (Å²) in [6.07, 6.45) is 1.94. The number of nitrogens with one attached hydrogen (secondary N) is 1. The molecule has 208 valence electrons. The van der Waals surface area contributed by atoms with Crippen molar-refractivity contribution in [2.24, 2.45) is 0 Å². The van der Waals surface area contributed by atoms with Crippen molar-refractivity contribution in [1.29, 1.82) is 0 Å². The van der Waals surface area contributed by atoms with Crippen molar-refractivity contribution in [1.82, 2.24) is 10.2 Å². The van der Waals surface area contributed by atoms with E-state index in [0.717, 1.165) is 21.7 Å². The summed E-state index contributed by atoms with van der Waals surface area (Å²) in [5.74, 6) is -0.904. The van der Waals surface area contributed by atoms with Gasteiger partial charge in [-0.1, -0.05) is 84.2 Å². The zero-order valence-corrected chi connectivity index (χ0v) is 24.7. The molecule has 0 saturated carbocycles. The van der Waals surface area contributed by atoms with Crippen LogP contribution in [0.5, 0.6) is 0 Å². The number of hydrogen-bond acceptors (Lipinski definition) is 4. The van der Waals surface area contributed by atoms with Gasteiger partial charge in [-0.25, -0.2) is 8.42 Å². The van der Waals surface area contributed by atoms with E-state index >= 15 is 0 Å². The molecule has 0 heterocycles. The Morgan fingerprint density at radius 2 is 1.49 bits per heavy atom. The average molecular weight is 611 g/mol. The van der Waals surface area contributed by atoms with Gasteiger partial charge in [-0.15, -0.1) is 0 Å². The largest absolute Gasteiger partial charge is 0.354 e. The second kappa shape index (κ2) is 14.0. The van der Waals surface area contributed by atoms with Gasteiger partial charge in [0.2, 0.25) is 21.8 Å². The molecular weight excluding hydrogens is 581 g/mol. The summed E-state index contributed by atoms with van der Waals surface area (Å²) >= 11 is 18.3. The molecule has 0 fully saturated rings. The van der Waals surface area contributed by atoms with Gasteiger partial charge in [-0.2, -0.15) is 0 Å². The molecule has 0 aromatic heterocycles. The van der Waals surface area contributed by atoms with Crippen molar-refractivity contribution in [3.63, 3.8) is 0 Å². The van der Waals surface area contributed by atoms with E-state index in [1.54, 1.807) is 24.3 Å². The van der Waals surface area contributed by atoms with E-state index in [-0.39, 0.29) is 34.6 Å². The summed E-state index contributed by atoms with van der Waals surface area (Å²) in [6, 6.07) is 19.6. The van der Waals surface area contributed by atoms with Crippen molar-refractivity contribution in [2.75, 3.05) is 23.7 Å². The fourth-order valence-electron chi connectivity index (χ4n) is 4.00. The SMILES string of the molecule is CCCNC(=O)[C@H](Cc1ccccc1)N(Cc1ccc(Cl)cc1)C(=O)CN(c1cc(Cl)cc(Cl)c1)S(C)(=O)=O. The molecule has 7 nitrogen and oxygen atoms in total. The second-order valence-corrected chi connectivity index (χ2v) is 12.3. The minimum atomic E-state index is -3.93. The van der Waals surface area contributed by atoms with Crippen LogP contribution in [-0.4, -0.2) is 50.5 Å². The summed E-state index contributed by atoms with van der Waals surface area (Å²) in [5.41, 5.74) is 1.72. The van der Waals surface area contributed by atoms with Crippen LogP contribution >= 0.6 is 34.8 Å². The molecule has 0 aliphatic carbocycles. The first kappa shape index (κ1) is 30.8.